The van der Waals surface area contributed by atoms with Gasteiger partial charge in [0.2, 0.25) is 0 Å². The molecule has 1 aliphatic heterocycles. The molecule has 8 aromatic rings. The van der Waals surface area contributed by atoms with Crippen LogP contribution < -0.4 is 5.01 Å². The summed E-state index contributed by atoms with van der Waals surface area (Å²) in [7, 11) is 0. The SMILES string of the molecule is C(=Cc1cccc2ccccc12)C1=C(c2ccccn2)C(c2ncccn2)=C(c2cnccn2)N(c2ccccc2-c2ccccc2)N1C=Cc1ccccc1. The van der Waals surface area contributed by atoms with Gasteiger partial charge in [0.1, 0.15) is 11.4 Å². The molecular weight excluding hydrogens is 687 g/mol. The van der Waals surface area contributed by atoms with Crippen LogP contribution in [0.15, 0.2) is 207 Å². The highest BCUT2D eigenvalue weighted by atomic mass is 15.6. The molecule has 266 valence electrons. The van der Waals surface area contributed by atoms with Gasteiger partial charge in [-0.15, -0.1) is 0 Å². The quantitative estimate of drug-likeness (QED) is 0.147. The van der Waals surface area contributed by atoms with Crippen LogP contribution in [0, 0.1) is 0 Å². The third-order valence-corrected chi connectivity index (χ3v) is 9.60. The number of anilines is 1. The second kappa shape index (κ2) is 15.7. The zero-order chi connectivity index (χ0) is 37.5. The van der Waals surface area contributed by atoms with Gasteiger partial charge in [-0.25, -0.2) is 15.0 Å². The van der Waals surface area contributed by atoms with E-state index in [-0.39, 0.29) is 0 Å². The van der Waals surface area contributed by atoms with Crippen molar-refractivity contribution < 1.29 is 0 Å². The van der Waals surface area contributed by atoms with Crippen LogP contribution in [0.25, 0.3) is 50.9 Å². The van der Waals surface area contributed by atoms with E-state index in [1.165, 1.54) is 5.39 Å². The summed E-state index contributed by atoms with van der Waals surface area (Å²) < 4.78 is 0. The Hall–Kier alpha value is -7.77. The highest BCUT2D eigenvalue weighted by molar-refractivity contribution is 6.18. The molecule has 0 bridgehead atoms. The number of aromatic nitrogens is 5. The molecule has 0 atom stereocenters. The molecule has 0 unspecified atom stereocenters. The molecule has 9 rings (SSSR count). The summed E-state index contributed by atoms with van der Waals surface area (Å²) in [6.45, 7) is 0. The fourth-order valence-electron chi connectivity index (χ4n) is 7.10. The Kier molecular flexibility index (Phi) is 9.53. The fourth-order valence-corrected chi connectivity index (χ4v) is 7.10. The van der Waals surface area contributed by atoms with Gasteiger partial charge in [-0.05, 0) is 63.9 Å². The van der Waals surface area contributed by atoms with Gasteiger partial charge in [-0.2, -0.15) is 0 Å². The maximum absolute atomic E-state index is 4.99. The van der Waals surface area contributed by atoms with Crippen LogP contribution in [0.3, 0.4) is 0 Å². The molecule has 5 aromatic carbocycles. The van der Waals surface area contributed by atoms with E-state index in [1.807, 2.05) is 54.7 Å². The van der Waals surface area contributed by atoms with E-state index < -0.39 is 0 Å². The minimum atomic E-state index is 0.527. The minimum absolute atomic E-state index is 0.527. The van der Waals surface area contributed by atoms with E-state index >= 15 is 0 Å². The molecule has 56 heavy (non-hydrogen) atoms. The van der Waals surface area contributed by atoms with Crippen molar-refractivity contribution in [2.75, 3.05) is 5.01 Å². The molecule has 7 nitrogen and oxygen atoms in total. The molecule has 0 spiro atoms. The van der Waals surface area contributed by atoms with Gasteiger partial charge in [-0.3, -0.25) is 20.0 Å². The first-order valence-corrected chi connectivity index (χ1v) is 18.4. The largest absolute Gasteiger partial charge is 0.261 e. The van der Waals surface area contributed by atoms with Crippen molar-refractivity contribution in [3.8, 4) is 11.1 Å². The summed E-state index contributed by atoms with van der Waals surface area (Å²) in [5.41, 5.74) is 9.72. The van der Waals surface area contributed by atoms with E-state index in [4.69, 9.17) is 19.9 Å². The summed E-state index contributed by atoms with van der Waals surface area (Å²) in [5.74, 6) is 0.527. The van der Waals surface area contributed by atoms with Gasteiger partial charge in [0.25, 0.3) is 0 Å². The predicted octanol–water partition coefficient (Wildman–Crippen LogP) is 10.9. The highest BCUT2D eigenvalue weighted by Crippen LogP contribution is 2.49. The Bertz CT molecular complexity index is 2720. The van der Waals surface area contributed by atoms with Crippen LogP contribution in [0.5, 0.6) is 0 Å². The van der Waals surface area contributed by atoms with Crippen molar-refractivity contribution >= 4 is 45.5 Å². The number of nitrogens with zero attached hydrogens (tertiary/aromatic N) is 7. The molecule has 0 N–H and O–H groups in total. The van der Waals surface area contributed by atoms with Crippen LogP contribution in [-0.4, -0.2) is 29.9 Å². The van der Waals surface area contributed by atoms with Crippen LogP contribution in [0.1, 0.15) is 28.3 Å². The molecule has 7 heteroatoms. The van der Waals surface area contributed by atoms with Crippen LogP contribution in [-0.2, 0) is 0 Å². The Morgan fingerprint density at radius 3 is 2.00 bits per heavy atom. The third-order valence-electron chi connectivity index (χ3n) is 9.60. The monoisotopic (exact) mass is 721 g/mol. The Morgan fingerprint density at radius 1 is 0.482 bits per heavy atom. The summed E-state index contributed by atoms with van der Waals surface area (Å²) in [5, 5.41) is 6.73. The van der Waals surface area contributed by atoms with Crippen LogP contribution >= 0.6 is 0 Å². The number of allylic oxidation sites excluding steroid dienone is 3. The van der Waals surface area contributed by atoms with Gasteiger partial charge >= 0.3 is 0 Å². The zero-order valence-electron chi connectivity index (χ0n) is 30.3. The summed E-state index contributed by atoms with van der Waals surface area (Å²) in [4.78, 5) is 24.4. The highest BCUT2D eigenvalue weighted by Gasteiger charge is 2.37. The topological polar surface area (TPSA) is 70.9 Å². The average Bonchev–Trinajstić information content (AvgIpc) is 3.28. The van der Waals surface area contributed by atoms with Crippen molar-refractivity contribution in [2.24, 2.45) is 0 Å². The van der Waals surface area contributed by atoms with Crippen molar-refractivity contribution in [2.45, 2.75) is 0 Å². The maximum Gasteiger partial charge on any atom is 0.162 e. The standard InChI is InChI=1S/C49H35N7/c1-3-15-36(16-4-1)28-34-55-45(27-26-39-21-13-20-37-19-7-8-22-40(37)39)46(42-24-11-12-29-51-42)47(49-53-30-14-31-54-49)48(43-35-50-32-33-52-43)56(55)44-25-10-9-23-41(44)38-17-5-2-6-18-38/h1-35H. The Labute approximate surface area is 325 Å². The summed E-state index contributed by atoms with van der Waals surface area (Å²) in [6.07, 6.45) is 19.2. The maximum atomic E-state index is 4.99. The molecule has 3 aromatic heterocycles. The predicted molar refractivity (Wildman–Crippen MR) is 227 cm³/mol. The number of hydrogen-bond donors (Lipinski definition) is 0. The minimum Gasteiger partial charge on any atom is -0.261 e. The number of rotatable bonds is 9. The van der Waals surface area contributed by atoms with E-state index in [1.54, 1.807) is 31.0 Å². The van der Waals surface area contributed by atoms with Crippen molar-refractivity contribution in [3.63, 3.8) is 0 Å². The molecule has 0 saturated heterocycles. The third kappa shape index (κ3) is 6.77. The van der Waals surface area contributed by atoms with E-state index in [9.17, 15) is 0 Å². The van der Waals surface area contributed by atoms with Crippen LogP contribution in [0.4, 0.5) is 5.69 Å². The van der Waals surface area contributed by atoms with Gasteiger partial charge in [0.05, 0.1) is 28.8 Å². The van der Waals surface area contributed by atoms with Gasteiger partial charge in [0, 0.05) is 48.3 Å². The normalized spacial score (nSPS) is 13.4. The fraction of sp³-hybridized carbons (Fsp3) is 0. The number of pyridine rings is 1. The molecule has 0 amide bonds. The lowest BCUT2D eigenvalue weighted by molar-refractivity contribution is 0.494. The molecule has 0 radical (unpaired) electrons. The van der Waals surface area contributed by atoms with Crippen molar-refractivity contribution in [3.05, 3.63) is 235 Å². The van der Waals surface area contributed by atoms with Crippen LogP contribution in [0.2, 0.25) is 0 Å². The number of benzene rings is 5. The lowest BCUT2D eigenvalue weighted by Crippen LogP contribution is -2.41. The molecule has 0 aliphatic carbocycles. The smallest absolute Gasteiger partial charge is 0.162 e. The summed E-state index contributed by atoms with van der Waals surface area (Å²) in [6, 6.07) is 51.8. The lowest BCUT2D eigenvalue weighted by Gasteiger charge is -2.44. The number of hydrogen-bond acceptors (Lipinski definition) is 7. The first kappa shape index (κ1) is 34.0. The number of fused-ring (bicyclic) bond motifs is 1. The van der Waals surface area contributed by atoms with Crippen molar-refractivity contribution in [1.29, 1.82) is 0 Å². The first-order valence-electron chi connectivity index (χ1n) is 18.4. The number of para-hydroxylation sites is 1. The first-order chi connectivity index (χ1) is 27.8. The second-order valence-electron chi connectivity index (χ2n) is 13.0. The van der Waals surface area contributed by atoms with Gasteiger partial charge < -0.3 is 0 Å². The van der Waals surface area contributed by atoms with Gasteiger partial charge in [0.15, 0.2) is 5.82 Å². The Morgan fingerprint density at radius 2 is 1.20 bits per heavy atom. The zero-order valence-corrected chi connectivity index (χ0v) is 30.3. The lowest BCUT2D eigenvalue weighted by atomic mass is 9.91. The van der Waals surface area contributed by atoms with E-state index in [2.05, 4.69) is 143 Å². The molecule has 4 heterocycles. The average molecular weight is 722 g/mol. The summed E-state index contributed by atoms with van der Waals surface area (Å²) >= 11 is 0. The molecule has 0 saturated carbocycles. The van der Waals surface area contributed by atoms with Crippen molar-refractivity contribution in [1.82, 2.24) is 29.9 Å². The molecular formula is C49H35N7. The number of hydrazine groups is 1. The van der Waals surface area contributed by atoms with E-state index in [0.29, 0.717) is 11.5 Å². The second-order valence-corrected chi connectivity index (χ2v) is 13.0. The Balaban J connectivity index is 1.43. The molecule has 1 aliphatic rings. The molecule has 0 fully saturated rings. The van der Waals surface area contributed by atoms with Gasteiger partial charge in [-0.1, -0.05) is 133 Å². The van der Waals surface area contributed by atoms with E-state index in [0.717, 1.165) is 61.6 Å².